The first-order chi connectivity index (χ1) is 10.1. The zero-order chi connectivity index (χ0) is 15.2. The maximum atomic E-state index is 11.8. The number of anilines is 2. The van der Waals surface area contributed by atoms with Crippen molar-refractivity contribution in [2.45, 2.75) is 45.8 Å². The molecule has 0 spiro atoms. The van der Waals surface area contributed by atoms with E-state index < -0.39 is 0 Å². The van der Waals surface area contributed by atoms with Crippen molar-refractivity contribution in [3.8, 4) is 6.01 Å². The van der Waals surface area contributed by atoms with Crippen molar-refractivity contribution in [1.82, 2.24) is 20.3 Å². The van der Waals surface area contributed by atoms with E-state index in [4.69, 9.17) is 4.74 Å². The Hall–Kier alpha value is -2.12. The first-order valence-electron chi connectivity index (χ1n) is 7.29. The summed E-state index contributed by atoms with van der Waals surface area (Å²) in [4.78, 5) is 24.4. The second kappa shape index (κ2) is 7.05. The molecule has 1 aliphatic heterocycles. The topological polar surface area (TPSA) is 101 Å². The van der Waals surface area contributed by atoms with E-state index in [0.717, 1.165) is 19.4 Å². The number of amides is 1. The van der Waals surface area contributed by atoms with E-state index >= 15 is 0 Å². The minimum Gasteiger partial charge on any atom is -0.461 e. The monoisotopic (exact) mass is 294 g/mol. The number of hydrogen-bond acceptors (Lipinski definition) is 7. The molecule has 21 heavy (non-hydrogen) atoms. The van der Waals surface area contributed by atoms with E-state index in [0.29, 0.717) is 18.4 Å². The Kier molecular flexibility index (Phi) is 5.13. The zero-order valence-corrected chi connectivity index (χ0v) is 12.6. The third-order valence-electron chi connectivity index (χ3n) is 2.88. The van der Waals surface area contributed by atoms with Gasteiger partial charge in [0.1, 0.15) is 6.04 Å². The number of nitrogens with zero attached hydrogens (tertiary/aromatic N) is 3. The molecule has 1 unspecified atom stereocenters. The largest absolute Gasteiger partial charge is 0.461 e. The number of carbonyl (C=O) groups excluding carboxylic acids is 1. The molecule has 3 N–H and O–H groups in total. The highest BCUT2D eigenvalue weighted by Crippen LogP contribution is 2.15. The van der Waals surface area contributed by atoms with Gasteiger partial charge < -0.3 is 20.7 Å². The van der Waals surface area contributed by atoms with Gasteiger partial charge in [0.2, 0.25) is 17.8 Å². The van der Waals surface area contributed by atoms with Crippen molar-refractivity contribution in [2.24, 2.45) is 0 Å². The molecule has 1 aliphatic rings. The number of aromatic nitrogens is 3. The van der Waals surface area contributed by atoms with Crippen LogP contribution in [0.15, 0.2) is 0 Å². The molecule has 8 heteroatoms. The van der Waals surface area contributed by atoms with Gasteiger partial charge in [0.25, 0.3) is 0 Å². The molecule has 1 saturated heterocycles. The minimum absolute atomic E-state index is 0.0296. The van der Waals surface area contributed by atoms with Crippen LogP contribution in [0.25, 0.3) is 0 Å². The summed E-state index contributed by atoms with van der Waals surface area (Å²) in [5, 5.41) is 8.90. The van der Waals surface area contributed by atoms with Crippen molar-refractivity contribution < 1.29 is 9.53 Å². The van der Waals surface area contributed by atoms with Gasteiger partial charge >= 0.3 is 6.01 Å². The average molecular weight is 294 g/mol. The van der Waals surface area contributed by atoms with Crippen molar-refractivity contribution in [1.29, 1.82) is 0 Å². The summed E-state index contributed by atoms with van der Waals surface area (Å²) >= 11 is 0. The van der Waals surface area contributed by atoms with Crippen LogP contribution < -0.4 is 20.7 Å². The van der Waals surface area contributed by atoms with Gasteiger partial charge in [0, 0.05) is 13.1 Å². The quantitative estimate of drug-likeness (QED) is 0.712. The van der Waals surface area contributed by atoms with E-state index in [-0.39, 0.29) is 24.1 Å². The van der Waals surface area contributed by atoms with Crippen LogP contribution in [0.4, 0.5) is 11.9 Å². The van der Waals surface area contributed by atoms with Gasteiger partial charge in [0.15, 0.2) is 0 Å². The minimum atomic E-state index is -0.317. The molecule has 2 heterocycles. The van der Waals surface area contributed by atoms with Crippen molar-refractivity contribution in [3.63, 3.8) is 0 Å². The molecular weight excluding hydrogens is 272 g/mol. The number of carbonyl (C=O) groups is 1. The zero-order valence-electron chi connectivity index (χ0n) is 12.6. The highest BCUT2D eigenvalue weighted by Gasteiger charge is 2.23. The Morgan fingerprint density at radius 3 is 2.76 bits per heavy atom. The predicted molar refractivity (Wildman–Crippen MR) is 79.4 cm³/mol. The fourth-order valence-electron chi connectivity index (χ4n) is 1.99. The smallest absolute Gasteiger partial charge is 0.323 e. The average Bonchev–Trinajstić information content (AvgIpc) is 2.41. The van der Waals surface area contributed by atoms with Crippen LogP contribution in [0.1, 0.15) is 33.6 Å². The van der Waals surface area contributed by atoms with E-state index in [9.17, 15) is 4.79 Å². The lowest BCUT2D eigenvalue weighted by atomic mass is 10.1. The van der Waals surface area contributed by atoms with Crippen LogP contribution in [-0.4, -0.2) is 46.1 Å². The summed E-state index contributed by atoms with van der Waals surface area (Å²) in [5.41, 5.74) is 0. The predicted octanol–water partition coefficient (Wildman–Crippen LogP) is 0.781. The molecule has 0 saturated carbocycles. The van der Waals surface area contributed by atoms with Gasteiger partial charge in [-0.25, -0.2) is 0 Å². The molecule has 1 atom stereocenters. The SMILES string of the molecule is CCNc1nc(NC2CCCNC2=O)nc(OC(C)C)n1. The maximum Gasteiger partial charge on any atom is 0.323 e. The molecule has 116 valence electrons. The lowest BCUT2D eigenvalue weighted by Gasteiger charge is -2.23. The Labute approximate surface area is 124 Å². The van der Waals surface area contributed by atoms with Crippen molar-refractivity contribution in [2.75, 3.05) is 23.7 Å². The summed E-state index contributed by atoms with van der Waals surface area (Å²) in [5.74, 6) is 0.749. The maximum absolute atomic E-state index is 11.8. The second-order valence-corrected chi connectivity index (χ2v) is 5.09. The van der Waals surface area contributed by atoms with Crippen molar-refractivity contribution >= 4 is 17.8 Å². The van der Waals surface area contributed by atoms with Crippen LogP contribution in [0.5, 0.6) is 6.01 Å². The fourth-order valence-corrected chi connectivity index (χ4v) is 1.99. The molecule has 0 radical (unpaired) electrons. The summed E-state index contributed by atoms with van der Waals surface area (Å²) < 4.78 is 5.52. The Morgan fingerprint density at radius 2 is 2.10 bits per heavy atom. The van der Waals surface area contributed by atoms with Crippen molar-refractivity contribution in [3.05, 3.63) is 0 Å². The lowest BCUT2D eigenvalue weighted by Crippen LogP contribution is -2.44. The normalized spacial score (nSPS) is 18.3. The van der Waals surface area contributed by atoms with Gasteiger partial charge in [0.05, 0.1) is 6.10 Å². The van der Waals surface area contributed by atoms with Gasteiger partial charge in [-0.3, -0.25) is 4.79 Å². The summed E-state index contributed by atoms with van der Waals surface area (Å²) in [7, 11) is 0. The van der Waals surface area contributed by atoms with Crippen LogP contribution in [0.3, 0.4) is 0 Å². The van der Waals surface area contributed by atoms with E-state index in [1.54, 1.807) is 0 Å². The molecule has 2 rings (SSSR count). The van der Waals surface area contributed by atoms with Crippen LogP contribution in [0, 0.1) is 0 Å². The Balaban J connectivity index is 2.16. The third kappa shape index (κ3) is 4.44. The molecular formula is C13H22N6O2. The molecule has 0 bridgehead atoms. The van der Waals surface area contributed by atoms with Crippen LogP contribution in [0.2, 0.25) is 0 Å². The molecule has 1 aromatic heterocycles. The fraction of sp³-hybridized carbons (Fsp3) is 0.692. The summed E-state index contributed by atoms with van der Waals surface area (Å²) in [6, 6.07) is -0.0720. The molecule has 1 fully saturated rings. The lowest BCUT2D eigenvalue weighted by molar-refractivity contribution is -0.123. The van der Waals surface area contributed by atoms with Crippen LogP contribution >= 0.6 is 0 Å². The number of nitrogens with one attached hydrogen (secondary N) is 3. The van der Waals surface area contributed by atoms with Crippen LogP contribution in [-0.2, 0) is 4.79 Å². The van der Waals surface area contributed by atoms with Gasteiger partial charge in [-0.05, 0) is 33.6 Å². The van der Waals surface area contributed by atoms with E-state index in [1.165, 1.54) is 0 Å². The molecule has 8 nitrogen and oxygen atoms in total. The number of piperidine rings is 1. The number of ether oxygens (including phenoxy) is 1. The highest BCUT2D eigenvalue weighted by atomic mass is 16.5. The summed E-state index contributed by atoms with van der Waals surface area (Å²) in [6.45, 7) is 7.16. The first kappa shape index (κ1) is 15.3. The first-order valence-corrected chi connectivity index (χ1v) is 7.29. The summed E-state index contributed by atoms with van der Waals surface area (Å²) in [6.07, 6.45) is 1.66. The highest BCUT2D eigenvalue weighted by molar-refractivity contribution is 5.84. The number of rotatable bonds is 6. The second-order valence-electron chi connectivity index (χ2n) is 5.09. The molecule has 1 aromatic rings. The molecule has 0 aromatic carbocycles. The van der Waals surface area contributed by atoms with E-state index in [1.807, 2.05) is 20.8 Å². The number of hydrogen-bond donors (Lipinski definition) is 3. The van der Waals surface area contributed by atoms with E-state index in [2.05, 4.69) is 30.9 Å². The third-order valence-corrected chi connectivity index (χ3v) is 2.88. The van der Waals surface area contributed by atoms with Gasteiger partial charge in [-0.15, -0.1) is 0 Å². The Morgan fingerprint density at radius 1 is 1.33 bits per heavy atom. The molecule has 0 aliphatic carbocycles. The van der Waals surface area contributed by atoms with Gasteiger partial charge in [-0.1, -0.05) is 0 Å². The van der Waals surface area contributed by atoms with Gasteiger partial charge in [-0.2, -0.15) is 15.0 Å². The molecule has 1 amide bonds. The standard InChI is InChI=1S/C13H22N6O2/c1-4-14-11-17-12(19-13(18-11)21-8(2)3)16-9-6-5-7-15-10(9)20/h8-9H,4-7H2,1-3H3,(H,15,20)(H2,14,16,17,18,19). The Bertz CT molecular complexity index is 494.